The summed E-state index contributed by atoms with van der Waals surface area (Å²) >= 11 is 7.35. The molecule has 118 valence electrons. The maximum Gasteiger partial charge on any atom is 0.236 e. The van der Waals surface area contributed by atoms with Gasteiger partial charge in [0.25, 0.3) is 0 Å². The lowest BCUT2D eigenvalue weighted by Crippen LogP contribution is -2.31. The average Bonchev–Trinajstić information content (AvgIpc) is 2.92. The number of carbonyl (C=O) groups excluding carboxylic acids is 1. The highest BCUT2D eigenvalue weighted by Crippen LogP contribution is 2.22. The van der Waals surface area contributed by atoms with Gasteiger partial charge in [0.2, 0.25) is 11.8 Å². The standard InChI is InChI=1S/C15H18ClN3O2S/c1-10(12-4-6-13(16)7-5-12)19(3)15(20)9-22-8-14-17-11(2)18-21-14/h4-7,10H,8-9H2,1-3H3/t10-/m1/s1. The van der Waals surface area contributed by atoms with Gasteiger partial charge >= 0.3 is 0 Å². The third-order valence-electron chi connectivity index (χ3n) is 3.35. The zero-order valence-electron chi connectivity index (χ0n) is 12.7. The Kier molecular flexibility index (Phi) is 5.85. The van der Waals surface area contributed by atoms with Crippen molar-refractivity contribution in [1.29, 1.82) is 0 Å². The van der Waals surface area contributed by atoms with E-state index in [-0.39, 0.29) is 11.9 Å². The second-order valence-electron chi connectivity index (χ2n) is 4.96. The minimum Gasteiger partial charge on any atom is -0.338 e. The van der Waals surface area contributed by atoms with Crippen LogP contribution >= 0.6 is 23.4 Å². The van der Waals surface area contributed by atoms with E-state index in [9.17, 15) is 4.79 Å². The lowest BCUT2D eigenvalue weighted by molar-refractivity contribution is -0.128. The molecule has 1 atom stereocenters. The molecule has 0 bridgehead atoms. The number of rotatable bonds is 6. The zero-order chi connectivity index (χ0) is 16.1. The van der Waals surface area contributed by atoms with Crippen molar-refractivity contribution in [2.45, 2.75) is 25.6 Å². The van der Waals surface area contributed by atoms with Crippen LogP contribution in [0.1, 0.15) is 30.2 Å². The fourth-order valence-corrected chi connectivity index (χ4v) is 2.81. The maximum absolute atomic E-state index is 12.2. The predicted molar refractivity (Wildman–Crippen MR) is 87.8 cm³/mol. The van der Waals surface area contributed by atoms with Gasteiger partial charge in [-0.3, -0.25) is 4.79 Å². The molecule has 1 heterocycles. The molecule has 0 spiro atoms. The van der Waals surface area contributed by atoms with Gasteiger partial charge in [0.1, 0.15) is 0 Å². The van der Waals surface area contributed by atoms with Crippen LogP contribution < -0.4 is 0 Å². The van der Waals surface area contributed by atoms with Gasteiger partial charge in [-0.15, -0.1) is 11.8 Å². The minimum absolute atomic E-state index is 0.00369. The Balaban J connectivity index is 1.84. The number of carbonyl (C=O) groups is 1. The molecule has 2 rings (SSSR count). The number of aromatic nitrogens is 2. The Morgan fingerprint density at radius 2 is 2.09 bits per heavy atom. The number of aryl methyl sites for hydroxylation is 1. The van der Waals surface area contributed by atoms with Crippen LogP contribution in [0.15, 0.2) is 28.8 Å². The molecule has 7 heteroatoms. The summed E-state index contributed by atoms with van der Waals surface area (Å²) in [6.07, 6.45) is 0. The molecule has 5 nitrogen and oxygen atoms in total. The summed E-state index contributed by atoms with van der Waals surface area (Å²) in [6.45, 7) is 3.76. The van der Waals surface area contributed by atoms with E-state index in [0.717, 1.165) is 5.56 Å². The van der Waals surface area contributed by atoms with Gasteiger partial charge in [-0.2, -0.15) is 4.98 Å². The van der Waals surface area contributed by atoms with Crippen LogP contribution in [0.2, 0.25) is 5.02 Å². The Morgan fingerprint density at radius 1 is 1.41 bits per heavy atom. The van der Waals surface area contributed by atoms with Crippen molar-refractivity contribution in [3.63, 3.8) is 0 Å². The summed E-state index contributed by atoms with van der Waals surface area (Å²) < 4.78 is 5.02. The molecule has 22 heavy (non-hydrogen) atoms. The van der Waals surface area contributed by atoms with Gasteiger partial charge in [0.05, 0.1) is 17.5 Å². The number of hydrogen-bond acceptors (Lipinski definition) is 5. The number of hydrogen-bond donors (Lipinski definition) is 0. The van der Waals surface area contributed by atoms with E-state index in [0.29, 0.717) is 28.2 Å². The second-order valence-corrected chi connectivity index (χ2v) is 6.38. The van der Waals surface area contributed by atoms with Gasteiger partial charge in [0, 0.05) is 12.1 Å². The molecule has 0 N–H and O–H groups in total. The number of nitrogens with zero attached hydrogens (tertiary/aromatic N) is 3. The molecule has 0 aliphatic carbocycles. The van der Waals surface area contributed by atoms with Crippen molar-refractivity contribution in [2.24, 2.45) is 0 Å². The van der Waals surface area contributed by atoms with Crippen molar-refractivity contribution in [1.82, 2.24) is 15.0 Å². The average molecular weight is 340 g/mol. The van der Waals surface area contributed by atoms with E-state index in [1.54, 1.807) is 18.9 Å². The topological polar surface area (TPSA) is 59.2 Å². The Morgan fingerprint density at radius 3 is 2.68 bits per heavy atom. The van der Waals surface area contributed by atoms with Crippen molar-refractivity contribution in [3.05, 3.63) is 46.6 Å². The minimum atomic E-state index is -0.00369. The van der Waals surface area contributed by atoms with E-state index in [1.807, 2.05) is 31.2 Å². The highest BCUT2D eigenvalue weighted by atomic mass is 35.5. The van der Waals surface area contributed by atoms with Crippen molar-refractivity contribution >= 4 is 29.3 Å². The third kappa shape index (κ3) is 4.48. The summed E-state index contributed by atoms with van der Waals surface area (Å²) in [5.74, 6) is 2.12. The van der Waals surface area contributed by atoms with Crippen molar-refractivity contribution < 1.29 is 9.32 Å². The first kappa shape index (κ1) is 16.8. The van der Waals surface area contributed by atoms with E-state index in [1.165, 1.54) is 11.8 Å². The summed E-state index contributed by atoms with van der Waals surface area (Å²) in [7, 11) is 1.80. The molecule has 1 aromatic heterocycles. The van der Waals surface area contributed by atoms with Crippen molar-refractivity contribution in [2.75, 3.05) is 12.8 Å². The number of benzene rings is 1. The molecule has 0 radical (unpaired) electrons. The van der Waals surface area contributed by atoms with Crippen LogP contribution in [0.25, 0.3) is 0 Å². The maximum atomic E-state index is 12.2. The van der Waals surface area contributed by atoms with Crippen LogP contribution in [0, 0.1) is 6.92 Å². The van der Waals surface area contributed by atoms with Crippen LogP contribution in [0.3, 0.4) is 0 Å². The summed E-state index contributed by atoms with van der Waals surface area (Å²) in [6, 6.07) is 7.53. The van der Waals surface area contributed by atoms with Crippen molar-refractivity contribution in [3.8, 4) is 0 Å². The molecule has 0 saturated carbocycles. The molecular formula is C15H18ClN3O2S. The molecule has 1 amide bonds. The molecular weight excluding hydrogens is 322 g/mol. The number of amides is 1. The quantitative estimate of drug-likeness (QED) is 0.806. The summed E-state index contributed by atoms with van der Waals surface area (Å²) in [5.41, 5.74) is 1.05. The van der Waals surface area contributed by atoms with Gasteiger partial charge < -0.3 is 9.42 Å². The van der Waals surface area contributed by atoms with E-state index in [2.05, 4.69) is 10.1 Å². The normalized spacial score (nSPS) is 12.2. The Hall–Kier alpha value is -1.53. The van der Waals surface area contributed by atoms with Crippen LogP contribution in [-0.2, 0) is 10.5 Å². The van der Waals surface area contributed by atoms with Gasteiger partial charge in [-0.1, -0.05) is 28.9 Å². The molecule has 0 aliphatic heterocycles. The van der Waals surface area contributed by atoms with Gasteiger partial charge in [-0.25, -0.2) is 0 Å². The molecule has 0 unspecified atom stereocenters. The molecule has 1 aromatic carbocycles. The zero-order valence-corrected chi connectivity index (χ0v) is 14.3. The fourth-order valence-electron chi connectivity index (χ4n) is 1.91. The molecule has 2 aromatic rings. The highest BCUT2D eigenvalue weighted by molar-refractivity contribution is 7.99. The van der Waals surface area contributed by atoms with Gasteiger partial charge in [0.15, 0.2) is 5.82 Å². The first-order valence-corrected chi connectivity index (χ1v) is 8.38. The van der Waals surface area contributed by atoms with Gasteiger partial charge in [-0.05, 0) is 31.5 Å². The Bertz CT molecular complexity index is 630. The largest absolute Gasteiger partial charge is 0.338 e. The first-order valence-electron chi connectivity index (χ1n) is 6.85. The van der Waals surface area contributed by atoms with E-state index in [4.69, 9.17) is 16.1 Å². The third-order valence-corrected chi connectivity index (χ3v) is 4.50. The monoisotopic (exact) mass is 339 g/mol. The molecule has 0 fully saturated rings. The lowest BCUT2D eigenvalue weighted by Gasteiger charge is -2.25. The van der Waals surface area contributed by atoms with E-state index >= 15 is 0 Å². The molecule has 0 aliphatic rings. The van der Waals surface area contributed by atoms with Crippen LogP contribution in [0.5, 0.6) is 0 Å². The highest BCUT2D eigenvalue weighted by Gasteiger charge is 2.17. The predicted octanol–water partition coefficient (Wildman–Crippen LogP) is 3.48. The Labute approximate surface area is 139 Å². The smallest absolute Gasteiger partial charge is 0.236 e. The van der Waals surface area contributed by atoms with E-state index < -0.39 is 0 Å². The number of thioether (sulfide) groups is 1. The summed E-state index contributed by atoms with van der Waals surface area (Å²) in [4.78, 5) is 18.1. The number of halogens is 1. The van der Waals surface area contributed by atoms with Crippen LogP contribution in [0.4, 0.5) is 0 Å². The molecule has 0 saturated heterocycles. The first-order chi connectivity index (χ1) is 10.5. The fraction of sp³-hybridized carbons (Fsp3) is 0.400. The second kappa shape index (κ2) is 7.65. The SMILES string of the molecule is Cc1noc(CSCC(=O)N(C)[C@H](C)c2ccc(Cl)cc2)n1. The van der Waals surface area contributed by atoms with Crippen LogP contribution in [-0.4, -0.2) is 33.7 Å². The lowest BCUT2D eigenvalue weighted by atomic mass is 10.1. The summed E-state index contributed by atoms with van der Waals surface area (Å²) in [5, 5.41) is 4.41.